The van der Waals surface area contributed by atoms with Gasteiger partial charge in [-0.2, -0.15) is 0 Å². The molecule has 0 saturated carbocycles. The SMILES string of the molecule is O=C(O)CN1C(=O)C(CO)(c2cc3c(cc2O)CCCC3)c2ccccc21. The fraction of sp³-hybridized carbons (Fsp3) is 0.333. The van der Waals surface area contributed by atoms with Gasteiger partial charge in [-0.1, -0.05) is 24.3 Å². The normalized spacial score (nSPS) is 21.1. The molecule has 1 unspecified atom stereocenters. The Kier molecular flexibility index (Phi) is 4.15. The Morgan fingerprint density at radius 3 is 2.41 bits per heavy atom. The predicted octanol–water partition coefficient (Wildman–Crippen LogP) is 1.98. The van der Waals surface area contributed by atoms with E-state index in [1.54, 1.807) is 30.3 Å². The number of nitrogens with zero attached hydrogens (tertiary/aromatic N) is 1. The molecule has 1 amide bonds. The number of carboxylic acid groups (broad SMARTS) is 1. The van der Waals surface area contributed by atoms with Crippen LogP contribution >= 0.6 is 0 Å². The molecule has 0 aromatic heterocycles. The number of phenolic OH excluding ortho intramolecular Hbond substituents is 1. The van der Waals surface area contributed by atoms with Gasteiger partial charge in [0.15, 0.2) is 0 Å². The van der Waals surface area contributed by atoms with Crippen molar-refractivity contribution in [3.8, 4) is 5.75 Å². The second-order valence-electron chi connectivity index (χ2n) is 7.21. The fourth-order valence-electron chi connectivity index (χ4n) is 4.43. The smallest absolute Gasteiger partial charge is 0.323 e. The Morgan fingerprint density at radius 1 is 1.07 bits per heavy atom. The number of hydrogen-bond acceptors (Lipinski definition) is 4. The van der Waals surface area contributed by atoms with E-state index in [1.807, 2.05) is 6.07 Å². The highest BCUT2D eigenvalue weighted by Gasteiger charge is 2.53. The van der Waals surface area contributed by atoms with Crippen LogP contribution in [0.25, 0.3) is 0 Å². The van der Waals surface area contributed by atoms with Crippen molar-refractivity contribution < 1.29 is 24.9 Å². The summed E-state index contributed by atoms with van der Waals surface area (Å²) < 4.78 is 0. The molecule has 1 aliphatic carbocycles. The molecule has 6 heteroatoms. The van der Waals surface area contributed by atoms with Crippen LogP contribution < -0.4 is 4.90 Å². The summed E-state index contributed by atoms with van der Waals surface area (Å²) in [6.07, 6.45) is 3.84. The molecular formula is C21H21NO5. The Bertz CT molecular complexity index is 938. The molecule has 1 atom stereocenters. The summed E-state index contributed by atoms with van der Waals surface area (Å²) in [5, 5.41) is 30.3. The van der Waals surface area contributed by atoms with E-state index < -0.39 is 30.4 Å². The molecule has 2 aromatic carbocycles. The van der Waals surface area contributed by atoms with Crippen molar-refractivity contribution in [2.45, 2.75) is 31.1 Å². The molecule has 4 rings (SSSR count). The minimum Gasteiger partial charge on any atom is -0.508 e. The summed E-state index contributed by atoms with van der Waals surface area (Å²) in [4.78, 5) is 25.8. The first kappa shape index (κ1) is 17.5. The standard InChI is InChI=1S/C21H21NO5/c23-12-21(16-9-13-5-1-2-6-14(13)10-18(16)24)15-7-3-4-8-17(15)22(20(21)27)11-19(25)26/h3-4,7-10,23-24H,1-2,5-6,11-12H2,(H,25,26). The second kappa shape index (κ2) is 6.39. The van der Waals surface area contributed by atoms with Gasteiger partial charge in [-0.25, -0.2) is 0 Å². The molecule has 0 bridgehead atoms. The number of aryl methyl sites for hydroxylation is 2. The van der Waals surface area contributed by atoms with Gasteiger partial charge in [0.1, 0.15) is 17.7 Å². The van der Waals surface area contributed by atoms with Crippen molar-refractivity contribution >= 4 is 17.6 Å². The first-order valence-electron chi connectivity index (χ1n) is 9.08. The van der Waals surface area contributed by atoms with Gasteiger partial charge in [-0.3, -0.25) is 14.5 Å². The number of hydrogen-bond donors (Lipinski definition) is 3. The zero-order valence-corrected chi connectivity index (χ0v) is 14.8. The van der Waals surface area contributed by atoms with E-state index in [1.165, 1.54) is 4.90 Å². The Morgan fingerprint density at radius 2 is 1.74 bits per heavy atom. The molecule has 27 heavy (non-hydrogen) atoms. The van der Waals surface area contributed by atoms with E-state index in [0.717, 1.165) is 36.8 Å². The van der Waals surface area contributed by atoms with Crippen LogP contribution in [0, 0.1) is 0 Å². The summed E-state index contributed by atoms with van der Waals surface area (Å²) >= 11 is 0. The molecule has 1 heterocycles. The molecule has 140 valence electrons. The quantitative estimate of drug-likeness (QED) is 0.768. The predicted molar refractivity (Wildman–Crippen MR) is 99.0 cm³/mol. The zero-order valence-electron chi connectivity index (χ0n) is 14.8. The average molecular weight is 367 g/mol. The number of rotatable bonds is 4. The monoisotopic (exact) mass is 367 g/mol. The average Bonchev–Trinajstić information content (AvgIpc) is 2.90. The van der Waals surface area contributed by atoms with Crippen LogP contribution in [0.3, 0.4) is 0 Å². The molecular weight excluding hydrogens is 346 g/mol. The van der Waals surface area contributed by atoms with Crippen LogP contribution in [-0.4, -0.2) is 40.3 Å². The number of carbonyl (C=O) groups is 2. The minimum atomic E-state index is -1.50. The summed E-state index contributed by atoms with van der Waals surface area (Å²) in [5.74, 6) is -1.70. The first-order valence-corrected chi connectivity index (χ1v) is 9.08. The number of aliphatic hydroxyl groups is 1. The van der Waals surface area contributed by atoms with Crippen molar-refractivity contribution in [2.24, 2.45) is 0 Å². The number of carboxylic acids is 1. The number of phenols is 1. The third-order valence-electron chi connectivity index (χ3n) is 5.72. The van der Waals surface area contributed by atoms with Gasteiger partial charge in [0, 0.05) is 11.3 Å². The summed E-state index contributed by atoms with van der Waals surface area (Å²) in [5.41, 5.74) is 1.96. The number of anilines is 1. The highest BCUT2D eigenvalue weighted by atomic mass is 16.4. The van der Waals surface area contributed by atoms with Crippen LogP contribution in [-0.2, 0) is 27.8 Å². The number of aromatic hydroxyl groups is 1. The van der Waals surface area contributed by atoms with Gasteiger partial charge in [-0.05, 0) is 54.5 Å². The zero-order chi connectivity index (χ0) is 19.2. The largest absolute Gasteiger partial charge is 0.508 e. The second-order valence-corrected chi connectivity index (χ2v) is 7.21. The lowest BCUT2D eigenvalue weighted by Crippen LogP contribution is -2.45. The minimum absolute atomic E-state index is 0.0370. The number of benzene rings is 2. The molecule has 2 aromatic rings. The molecule has 2 aliphatic rings. The van der Waals surface area contributed by atoms with Gasteiger partial charge in [0.05, 0.1) is 6.61 Å². The lowest BCUT2D eigenvalue weighted by molar-refractivity contribution is -0.137. The van der Waals surface area contributed by atoms with Gasteiger partial charge >= 0.3 is 5.97 Å². The van der Waals surface area contributed by atoms with Gasteiger partial charge in [0.2, 0.25) is 5.91 Å². The maximum Gasteiger partial charge on any atom is 0.323 e. The highest BCUT2D eigenvalue weighted by Crippen LogP contribution is 2.49. The van der Waals surface area contributed by atoms with Crippen LogP contribution in [0.2, 0.25) is 0 Å². The maximum atomic E-state index is 13.4. The topological polar surface area (TPSA) is 98.1 Å². The molecule has 1 aliphatic heterocycles. The molecule has 0 spiro atoms. The number of carbonyl (C=O) groups excluding carboxylic acids is 1. The van der Waals surface area contributed by atoms with Crippen LogP contribution in [0.1, 0.15) is 35.1 Å². The van der Waals surface area contributed by atoms with E-state index in [-0.39, 0.29) is 5.75 Å². The Labute approximate surface area is 156 Å². The summed E-state index contributed by atoms with van der Waals surface area (Å²) in [6, 6.07) is 10.4. The first-order chi connectivity index (χ1) is 13.0. The number of fused-ring (bicyclic) bond motifs is 2. The number of aliphatic hydroxyl groups excluding tert-OH is 1. The van der Waals surface area contributed by atoms with Crippen LogP contribution in [0.5, 0.6) is 5.75 Å². The lowest BCUT2D eigenvalue weighted by Gasteiger charge is -2.29. The van der Waals surface area contributed by atoms with Gasteiger partial charge in [-0.15, -0.1) is 0 Å². The third-order valence-corrected chi connectivity index (χ3v) is 5.72. The third kappa shape index (κ3) is 2.51. The fourth-order valence-corrected chi connectivity index (χ4v) is 4.43. The van der Waals surface area contributed by atoms with E-state index in [0.29, 0.717) is 16.8 Å². The molecule has 0 radical (unpaired) electrons. The Balaban J connectivity index is 1.94. The lowest BCUT2D eigenvalue weighted by atomic mass is 9.73. The molecule has 0 fully saturated rings. The van der Waals surface area contributed by atoms with Crippen molar-refractivity contribution in [2.75, 3.05) is 18.1 Å². The molecule has 0 saturated heterocycles. The van der Waals surface area contributed by atoms with Crippen molar-refractivity contribution in [1.82, 2.24) is 0 Å². The van der Waals surface area contributed by atoms with Crippen molar-refractivity contribution in [3.05, 3.63) is 58.7 Å². The molecule has 6 nitrogen and oxygen atoms in total. The van der Waals surface area contributed by atoms with Crippen LogP contribution in [0.4, 0.5) is 5.69 Å². The van der Waals surface area contributed by atoms with E-state index in [2.05, 4.69) is 0 Å². The summed E-state index contributed by atoms with van der Waals surface area (Å²) in [6.45, 7) is -1.05. The van der Waals surface area contributed by atoms with Gasteiger partial charge < -0.3 is 15.3 Å². The van der Waals surface area contributed by atoms with Crippen LogP contribution in [0.15, 0.2) is 36.4 Å². The summed E-state index contributed by atoms with van der Waals surface area (Å²) in [7, 11) is 0. The number of amides is 1. The van der Waals surface area contributed by atoms with Crippen molar-refractivity contribution in [3.63, 3.8) is 0 Å². The molecule has 3 N–H and O–H groups in total. The van der Waals surface area contributed by atoms with E-state index >= 15 is 0 Å². The van der Waals surface area contributed by atoms with Gasteiger partial charge in [0.25, 0.3) is 0 Å². The van der Waals surface area contributed by atoms with E-state index in [9.17, 15) is 24.9 Å². The Hall–Kier alpha value is -2.86. The number of aliphatic carboxylic acids is 1. The highest BCUT2D eigenvalue weighted by molar-refractivity contribution is 6.12. The number of para-hydroxylation sites is 1. The maximum absolute atomic E-state index is 13.4. The van der Waals surface area contributed by atoms with E-state index in [4.69, 9.17) is 0 Å². The van der Waals surface area contributed by atoms with Crippen molar-refractivity contribution in [1.29, 1.82) is 0 Å².